The second-order valence-electron chi connectivity index (χ2n) is 5.15. The first-order valence-corrected chi connectivity index (χ1v) is 7.15. The molecule has 2 heterocycles. The Labute approximate surface area is 121 Å². The van der Waals surface area contributed by atoms with Gasteiger partial charge in [-0.3, -0.25) is 0 Å². The molecule has 1 aromatic carbocycles. The van der Waals surface area contributed by atoms with E-state index in [9.17, 15) is 0 Å². The molecular formula is C16H13ClN2O. The summed E-state index contributed by atoms with van der Waals surface area (Å²) in [6.07, 6.45) is 3.08. The highest BCUT2D eigenvalue weighted by Gasteiger charge is 2.21. The van der Waals surface area contributed by atoms with E-state index in [1.807, 2.05) is 31.2 Å². The lowest BCUT2D eigenvalue weighted by Crippen LogP contribution is -1.97. The van der Waals surface area contributed by atoms with Crippen LogP contribution in [0.3, 0.4) is 0 Å². The van der Waals surface area contributed by atoms with E-state index in [0.717, 1.165) is 52.8 Å². The molecule has 0 saturated heterocycles. The van der Waals surface area contributed by atoms with Crippen LogP contribution >= 0.6 is 11.6 Å². The predicted octanol–water partition coefficient (Wildman–Crippen LogP) is 4.34. The Morgan fingerprint density at radius 1 is 1.15 bits per heavy atom. The topological polar surface area (TPSA) is 38.9 Å². The molecule has 1 aliphatic carbocycles. The van der Waals surface area contributed by atoms with Gasteiger partial charge in [0.1, 0.15) is 16.5 Å². The quantitative estimate of drug-likeness (QED) is 0.624. The number of benzene rings is 1. The number of nitrogens with zero attached hydrogens (tertiary/aromatic N) is 2. The van der Waals surface area contributed by atoms with Gasteiger partial charge >= 0.3 is 0 Å². The third-order valence-corrected chi connectivity index (χ3v) is 4.19. The van der Waals surface area contributed by atoms with Crippen LogP contribution in [0.15, 0.2) is 28.7 Å². The minimum Gasteiger partial charge on any atom is -0.461 e. The third kappa shape index (κ3) is 1.66. The number of fused-ring (bicyclic) bond motifs is 2. The van der Waals surface area contributed by atoms with Gasteiger partial charge in [-0.05, 0) is 32.3 Å². The van der Waals surface area contributed by atoms with Gasteiger partial charge in [0.15, 0.2) is 5.82 Å². The molecule has 0 spiro atoms. The molecule has 4 rings (SSSR count). The molecule has 0 radical (unpaired) electrons. The maximum atomic E-state index is 6.31. The number of aryl methyl sites for hydroxylation is 2. The summed E-state index contributed by atoms with van der Waals surface area (Å²) in [6.45, 7) is 1.94. The van der Waals surface area contributed by atoms with Gasteiger partial charge in [0, 0.05) is 16.6 Å². The minimum atomic E-state index is 0.590. The highest BCUT2D eigenvalue weighted by Crippen LogP contribution is 2.35. The molecule has 0 aliphatic heterocycles. The summed E-state index contributed by atoms with van der Waals surface area (Å²) in [7, 11) is 0. The monoisotopic (exact) mass is 284 g/mol. The molecule has 4 heteroatoms. The van der Waals surface area contributed by atoms with Crippen LogP contribution in [0.5, 0.6) is 0 Å². The summed E-state index contributed by atoms with van der Waals surface area (Å²) >= 11 is 6.31. The maximum Gasteiger partial charge on any atom is 0.165 e. The van der Waals surface area contributed by atoms with Gasteiger partial charge in [0.05, 0.1) is 5.56 Å². The van der Waals surface area contributed by atoms with Crippen molar-refractivity contribution < 1.29 is 4.42 Å². The molecule has 2 aromatic heterocycles. The van der Waals surface area contributed by atoms with Crippen molar-refractivity contribution in [1.82, 2.24) is 9.97 Å². The van der Waals surface area contributed by atoms with E-state index in [4.69, 9.17) is 21.0 Å². The summed E-state index contributed by atoms with van der Waals surface area (Å²) in [5.41, 5.74) is 4.02. The van der Waals surface area contributed by atoms with Crippen molar-refractivity contribution in [3.8, 4) is 11.4 Å². The Morgan fingerprint density at radius 2 is 2.00 bits per heavy atom. The fourth-order valence-corrected chi connectivity index (χ4v) is 3.23. The van der Waals surface area contributed by atoms with E-state index >= 15 is 0 Å². The molecule has 1 aliphatic rings. The molecule has 0 atom stereocenters. The van der Waals surface area contributed by atoms with Gasteiger partial charge in [-0.15, -0.1) is 0 Å². The number of rotatable bonds is 1. The van der Waals surface area contributed by atoms with Crippen molar-refractivity contribution in [2.45, 2.75) is 26.2 Å². The normalized spacial score (nSPS) is 13.9. The van der Waals surface area contributed by atoms with Gasteiger partial charge in [-0.2, -0.15) is 0 Å². The molecule has 0 amide bonds. The maximum absolute atomic E-state index is 6.31. The summed E-state index contributed by atoms with van der Waals surface area (Å²) < 4.78 is 5.79. The second kappa shape index (κ2) is 4.32. The first-order valence-electron chi connectivity index (χ1n) is 6.78. The van der Waals surface area contributed by atoms with Gasteiger partial charge in [-0.1, -0.05) is 29.8 Å². The molecule has 0 bridgehead atoms. The molecule has 0 fully saturated rings. The first kappa shape index (κ1) is 11.9. The molecular weight excluding hydrogens is 272 g/mol. The smallest absolute Gasteiger partial charge is 0.165 e. The lowest BCUT2D eigenvalue weighted by atomic mass is 10.1. The van der Waals surface area contributed by atoms with E-state index in [2.05, 4.69) is 4.98 Å². The fraction of sp³-hybridized carbons (Fsp3) is 0.250. The van der Waals surface area contributed by atoms with Crippen molar-refractivity contribution in [2.75, 3.05) is 0 Å². The Kier molecular flexibility index (Phi) is 2.57. The SMILES string of the molecule is Cc1oc2ccccc2c1-c1nc(Cl)c2c(n1)CCC2. The summed E-state index contributed by atoms with van der Waals surface area (Å²) in [5.74, 6) is 1.51. The van der Waals surface area contributed by atoms with Crippen LogP contribution in [0.2, 0.25) is 5.15 Å². The highest BCUT2D eigenvalue weighted by molar-refractivity contribution is 6.30. The van der Waals surface area contributed by atoms with Crippen LogP contribution in [-0.4, -0.2) is 9.97 Å². The van der Waals surface area contributed by atoms with Crippen LogP contribution in [0.4, 0.5) is 0 Å². The number of para-hydroxylation sites is 1. The van der Waals surface area contributed by atoms with Crippen LogP contribution in [0.1, 0.15) is 23.4 Å². The largest absolute Gasteiger partial charge is 0.461 e. The van der Waals surface area contributed by atoms with Crippen LogP contribution in [0, 0.1) is 6.92 Å². The second-order valence-corrected chi connectivity index (χ2v) is 5.50. The van der Waals surface area contributed by atoms with Crippen LogP contribution in [-0.2, 0) is 12.8 Å². The Hall–Kier alpha value is -1.87. The van der Waals surface area contributed by atoms with Crippen molar-refractivity contribution in [3.63, 3.8) is 0 Å². The zero-order valence-electron chi connectivity index (χ0n) is 11.1. The molecule has 0 saturated carbocycles. The van der Waals surface area contributed by atoms with E-state index in [1.165, 1.54) is 0 Å². The number of hydrogen-bond donors (Lipinski definition) is 0. The fourth-order valence-electron chi connectivity index (χ4n) is 2.94. The highest BCUT2D eigenvalue weighted by atomic mass is 35.5. The van der Waals surface area contributed by atoms with E-state index in [1.54, 1.807) is 0 Å². The molecule has 0 unspecified atom stereocenters. The Balaban J connectivity index is 2.00. The molecule has 3 nitrogen and oxygen atoms in total. The van der Waals surface area contributed by atoms with Crippen molar-refractivity contribution in [3.05, 3.63) is 46.4 Å². The zero-order valence-corrected chi connectivity index (χ0v) is 11.9. The standard InChI is InChI=1S/C16H13ClN2O/c1-9-14(11-5-2-3-8-13(11)20-9)16-18-12-7-4-6-10(12)15(17)19-16/h2-3,5,8H,4,6-7H2,1H3. The van der Waals surface area contributed by atoms with E-state index in [0.29, 0.717) is 11.0 Å². The Morgan fingerprint density at radius 3 is 2.90 bits per heavy atom. The molecule has 3 aromatic rings. The van der Waals surface area contributed by atoms with Crippen molar-refractivity contribution in [1.29, 1.82) is 0 Å². The number of furan rings is 1. The summed E-state index contributed by atoms with van der Waals surface area (Å²) in [4.78, 5) is 9.20. The Bertz CT molecular complexity index is 823. The summed E-state index contributed by atoms with van der Waals surface area (Å²) in [6, 6.07) is 7.95. The number of halogens is 1. The average molecular weight is 285 g/mol. The summed E-state index contributed by atoms with van der Waals surface area (Å²) in [5, 5.41) is 1.63. The van der Waals surface area contributed by atoms with Gasteiger partial charge in [0.25, 0.3) is 0 Å². The van der Waals surface area contributed by atoms with E-state index < -0.39 is 0 Å². The average Bonchev–Trinajstić information content (AvgIpc) is 3.01. The van der Waals surface area contributed by atoms with Gasteiger partial charge < -0.3 is 4.42 Å². The molecule has 0 N–H and O–H groups in total. The van der Waals surface area contributed by atoms with Crippen molar-refractivity contribution in [2.24, 2.45) is 0 Å². The van der Waals surface area contributed by atoms with Gasteiger partial charge in [-0.25, -0.2) is 9.97 Å². The predicted molar refractivity (Wildman–Crippen MR) is 79.0 cm³/mol. The van der Waals surface area contributed by atoms with Crippen molar-refractivity contribution >= 4 is 22.6 Å². The lowest BCUT2D eigenvalue weighted by Gasteiger charge is -2.05. The first-order chi connectivity index (χ1) is 9.74. The lowest BCUT2D eigenvalue weighted by molar-refractivity contribution is 0.579. The molecule has 20 heavy (non-hydrogen) atoms. The number of aromatic nitrogens is 2. The minimum absolute atomic E-state index is 0.590. The van der Waals surface area contributed by atoms with E-state index in [-0.39, 0.29) is 0 Å². The van der Waals surface area contributed by atoms with Crippen LogP contribution in [0.25, 0.3) is 22.4 Å². The third-order valence-electron chi connectivity index (χ3n) is 3.88. The molecule has 100 valence electrons. The van der Waals surface area contributed by atoms with Gasteiger partial charge in [0.2, 0.25) is 0 Å². The number of hydrogen-bond acceptors (Lipinski definition) is 3. The zero-order chi connectivity index (χ0) is 13.7. The van der Waals surface area contributed by atoms with Crippen LogP contribution < -0.4 is 0 Å².